The Balaban J connectivity index is 2.10. The van der Waals surface area contributed by atoms with Gasteiger partial charge in [-0.2, -0.15) is 13.2 Å². The van der Waals surface area contributed by atoms with Crippen LogP contribution in [0.4, 0.5) is 18.0 Å². The number of amides is 1. The molecule has 2 rings (SSSR count). The van der Waals surface area contributed by atoms with Crippen molar-refractivity contribution < 1.29 is 22.7 Å². The lowest BCUT2D eigenvalue weighted by molar-refractivity contribution is -0.137. The molecule has 7 heteroatoms. The van der Waals surface area contributed by atoms with Crippen molar-refractivity contribution in [1.29, 1.82) is 0 Å². The number of piperidine rings is 1. The molecule has 1 aliphatic heterocycles. The Morgan fingerprint density at radius 3 is 2.35 bits per heavy atom. The number of rotatable bonds is 3. The summed E-state index contributed by atoms with van der Waals surface area (Å²) in [7, 11) is 1.79. The maximum Gasteiger partial charge on any atom is 0.416 e. The van der Waals surface area contributed by atoms with Crippen LogP contribution in [0.2, 0.25) is 0 Å². The second kappa shape index (κ2) is 7.86. The first kappa shape index (κ1) is 20.6. The quantitative estimate of drug-likeness (QED) is 0.842. The molecule has 26 heavy (non-hydrogen) atoms. The van der Waals surface area contributed by atoms with Gasteiger partial charge in [-0.05, 0) is 64.3 Å². The summed E-state index contributed by atoms with van der Waals surface area (Å²) in [6, 6.07) is 5.11. The lowest BCUT2D eigenvalue weighted by Crippen LogP contribution is -2.45. The number of carbonyl (C=O) groups is 1. The van der Waals surface area contributed by atoms with Crippen molar-refractivity contribution in [3.8, 4) is 0 Å². The average Bonchev–Trinajstić information content (AvgIpc) is 2.54. The van der Waals surface area contributed by atoms with E-state index >= 15 is 0 Å². The van der Waals surface area contributed by atoms with Gasteiger partial charge in [-0.15, -0.1) is 0 Å². The molecule has 0 bridgehead atoms. The van der Waals surface area contributed by atoms with Gasteiger partial charge < -0.3 is 15.0 Å². The summed E-state index contributed by atoms with van der Waals surface area (Å²) < 4.78 is 43.7. The fourth-order valence-corrected chi connectivity index (χ4v) is 3.33. The van der Waals surface area contributed by atoms with Crippen molar-refractivity contribution in [3.63, 3.8) is 0 Å². The zero-order valence-electron chi connectivity index (χ0n) is 15.7. The maximum atomic E-state index is 12.8. The Hall–Kier alpha value is -1.76. The Morgan fingerprint density at radius 2 is 1.85 bits per heavy atom. The minimum absolute atomic E-state index is 0.109. The number of ether oxygens (including phenoxy) is 1. The van der Waals surface area contributed by atoms with Gasteiger partial charge in [0.05, 0.1) is 5.56 Å². The topological polar surface area (TPSA) is 41.6 Å². The van der Waals surface area contributed by atoms with E-state index in [1.807, 2.05) is 20.8 Å². The van der Waals surface area contributed by atoms with E-state index in [4.69, 9.17) is 4.74 Å². The van der Waals surface area contributed by atoms with Crippen LogP contribution >= 0.6 is 0 Å². The van der Waals surface area contributed by atoms with Crippen LogP contribution in [0.5, 0.6) is 0 Å². The molecule has 0 aromatic heterocycles. The van der Waals surface area contributed by atoms with E-state index in [1.54, 1.807) is 11.9 Å². The minimum atomic E-state index is -4.34. The van der Waals surface area contributed by atoms with Crippen LogP contribution in [0.3, 0.4) is 0 Å². The number of benzene rings is 1. The molecular formula is C19H27F3N2O2. The fourth-order valence-electron chi connectivity index (χ4n) is 3.33. The molecule has 0 radical (unpaired) electrons. The normalized spacial score (nSPS) is 20.0. The van der Waals surface area contributed by atoms with E-state index in [0.717, 1.165) is 30.5 Å². The van der Waals surface area contributed by atoms with E-state index in [1.165, 1.54) is 12.1 Å². The van der Waals surface area contributed by atoms with Crippen molar-refractivity contribution in [1.82, 2.24) is 10.2 Å². The lowest BCUT2D eigenvalue weighted by atomic mass is 9.86. The highest BCUT2D eigenvalue weighted by atomic mass is 19.4. The summed E-state index contributed by atoms with van der Waals surface area (Å²) in [5.74, 6) is 0.109. The van der Waals surface area contributed by atoms with Gasteiger partial charge in [0, 0.05) is 19.1 Å². The highest BCUT2D eigenvalue weighted by Gasteiger charge is 2.33. The van der Waals surface area contributed by atoms with E-state index in [0.29, 0.717) is 13.1 Å². The van der Waals surface area contributed by atoms with Crippen molar-refractivity contribution in [2.24, 2.45) is 5.92 Å². The molecule has 1 heterocycles. The van der Waals surface area contributed by atoms with Crippen molar-refractivity contribution in [2.45, 2.75) is 51.4 Å². The van der Waals surface area contributed by atoms with E-state index in [2.05, 4.69) is 5.32 Å². The SMILES string of the molecule is CNC(c1ccc(C(F)(F)F)cc1)C1CCCN(C(=O)OC(C)(C)C)C1. The smallest absolute Gasteiger partial charge is 0.416 e. The predicted molar refractivity (Wildman–Crippen MR) is 93.8 cm³/mol. The average molecular weight is 372 g/mol. The molecule has 1 fully saturated rings. The summed E-state index contributed by atoms with van der Waals surface area (Å²) in [6.07, 6.45) is -2.95. The van der Waals surface area contributed by atoms with Gasteiger partial charge in [-0.3, -0.25) is 0 Å². The predicted octanol–water partition coefficient (Wildman–Crippen LogP) is 4.61. The Kier molecular flexibility index (Phi) is 6.21. The van der Waals surface area contributed by atoms with E-state index in [-0.39, 0.29) is 18.1 Å². The molecule has 1 saturated heterocycles. The number of nitrogens with zero attached hydrogens (tertiary/aromatic N) is 1. The molecule has 146 valence electrons. The lowest BCUT2D eigenvalue weighted by Gasteiger charge is -2.37. The highest BCUT2D eigenvalue weighted by Crippen LogP contribution is 2.33. The van der Waals surface area contributed by atoms with Gasteiger partial charge in [-0.25, -0.2) is 4.79 Å². The molecule has 1 aromatic rings. The first-order valence-corrected chi connectivity index (χ1v) is 8.83. The van der Waals surface area contributed by atoms with E-state index in [9.17, 15) is 18.0 Å². The monoisotopic (exact) mass is 372 g/mol. The van der Waals surface area contributed by atoms with Gasteiger partial charge in [0.1, 0.15) is 5.60 Å². The number of likely N-dealkylation sites (tertiary alicyclic amines) is 1. The minimum Gasteiger partial charge on any atom is -0.444 e. The zero-order chi connectivity index (χ0) is 19.5. The molecule has 1 aromatic carbocycles. The summed E-state index contributed by atoms with van der Waals surface area (Å²) in [6.45, 7) is 6.62. The van der Waals surface area contributed by atoms with Gasteiger partial charge >= 0.3 is 12.3 Å². The second-order valence-electron chi connectivity index (χ2n) is 7.71. The molecule has 1 N–H and O–H groups in total. The first-order valence-electron chi connectivity index (χ1n) is 8.83. The summed E-state index contributed by atoms with van der Waals surface area (Å²) in [4.78, 5) is 14.0. The number of carbonyl (C=O) groups excluding carboxylic acids is 1. The molecule has 1 aliphatic rings. The Bertz CT molecular complexity index is 609. The molecule has 0 aliphatic carbocycles. The van der Waals surface area contributed by atoms with Gasteiger partial charge in [-0.1, -0.05) is 12.1 Å². The number of hydrogen-bond donors (Lipinski definition) is 1. The van der Waals surface area contributed by atoms with Crippen LogP contribution in [0.25, 0.3) is 0 Å². The van der Waals surface area contributed by atoms with Gasteiger partial charge in [0.15, 0.2) is 0 Å². The number of nitrogens with one attached hydrogen (secondary N) is 1. The second-order valence-corrected chi connectivity index (χ2v) is 7.71. The Labute approximate surface area is 152 Å². The van der Waals surface area contributed by atoms with Gasteiger partial charge in [0.25, 0.3) is 0 Å². The molecule has 1 amide bonds. The molecule has 0 spiro atoms. The van der Waals surface area contributed by atoms with Crippen LogP contribution in [0, 0.1) is 5.92 Å². The van der Waals surface area contributed by atoms with Crippen molar-refractivity contribution in [3.05, 3.63) is 35.4 Å². The molecule has 2 unspecified atom stereocenters. The molecule has 0 saturated carbocycles. The van der Waals surface area contributed by atoms with Crippen LogP contribution in [-0.4, -0.2) is 36.7 Å². The van der Waals surface area contributed by atoms with Crippen LogP contribution in [0.15, 0.2) is 24.3 Å². The zero-order valence-corrected chi connectivity index (χ0v) is 15.7. The first-order chi connectivity index (χ1) is 12.0. The van der Waals surface area contributed by atoms with Gasteiger partial charge in [0.2, 0.25) is 0 Å². The van der Waals surface area contributed by atoms with Crippen molar-refractivity contribution in [2.75, 3.05) is 20.1 Å². The van der Waals surface area contributed by atoms with Crippen LogP contribution < -0.4 is 5.32 Å². The fraction of sp³-hybridized carbons (Fsp3) is 0.632. The standard InChI is InChI=1S/C19H27F3N2O2/c1-18(2,3)26-17(25)24-11-5-6-14(12-24)16(23-4)13-7-9-15(10-8-13)19(20,21)22/h7-10,14,16,23H,5-6,11-12H2,1-4H3. The Morgan fingerprint density at radius 1 is 1.23 bits per heavy atom. The molecular weight excluding hydrogens is 345 g/mol. The number of hydrogen-bond acceptors (Lipinski definition) is 3. The van der Waals surface area contributed by atoms with E-state index < -0.39 is 17.3 Å². The third-order valence-corrected chi connectivity index (χ3v) is 4.49. The van der Waals surface area contributed by atoms with Crippen LogP contribution in [-0.2, 0) is 10.9 Å². The molecule has 2 atom stereocenters. The van der Waals surface area contributed by atoms with Crippen molar-refractivity contribution >= 4 is 6.09 Å². The van der Waals surface area contributed by atoms with Crippen LogP contribution in [0.1, 0.15) is 50.8 Å². The number of halogens is 3. The maximum absolute atomic E-state index is 12.8. The molecule has 4 nitrogen and oxygen atoms in total. The summed E-state index contributed by atoms with van der Waals surface area (Å²) >= 11 is 0. The third-order valence-electron chi connectivity index (χ3n) is 4.49. The summed E-state index contributed by atoms with van der Waals surface area (Å²) in [5, 5.41) is 3.19. The largest absolute Gasteiger partial charge is 0.444 e. The summed E-state index contributed by atoms with van der Waals surface area (Å²) in [5.41, 5.74) is -0.425. The highest BCUT2D eigenvalue weighted by molar-refractivity contribution is 5.68. The third kappa shape index (κ3) is 5.37. The number of alkyl halides is 3.